The number of carboxylic acid groups (broad SMARTS) is 1. The van der Waals surface area contributed by atoms with Crippen LogP contribution in [0.5, 0.6) is 0 Å². The van der Waals surface area contributed by atoms with Crippen molar-refractivity contribution in [1.82, 2.24) is 15.4 Å². The minimum absolute atomic E-state index is 0.264. The SMILES string of the molecule is CC(C)=NNC(=O)c1nccnc1C(=O)O. The van der Waals surface area contributed by atoms with Crippen LogP contribution in [0.25, 0.3) is 0 Å². The Labute approximate surface area is 91.2 Å². The first kappa shape index (κ1) is 11.8. The van der Waals surface area contributed by atoms with Crippen LogP contribution in [0.15, 0.2) is 17.5 Å². The fourth-order valence-corrected chi connectivity index (χ4v) is 0.876. The molecule has 1 aromatic rings. The topological polar surface area (TPSA) is 105 Å². The quantitative estimate of drug-likeness (QED) is 0.565. The third-order valence-corrected chi connectivity index (χ3v) is 1.50. The fraction of sp³-hybridized carbons (Fsp3) is 0.222. The predicted octanol–water partition coefficient (Wildman–Crippen LogP) is 0.300. The van der Waals surface area contributed by atoms with Crippen molar-refractivity contribution in [2.24, 2.45) is 5.10 Å². The van der Waals surface area contributed by atoms with Crippen molar-refractivity contribution in [3.63, 3.8) is 0 Å². The van der Waals surface area contributed by atoms with Crippen molar-refractivity contribution in [3.05, 3.63) is 23.8 Å². The fourth-order valence-electron chi connectivity index (χ4n) is 0.876. The van der Waals surface area contributed by atoms with Gasteiger partial charge in [-0.15, -0.1) is 0 Å². The highest BCUT2D eigenvalue weighted by atomic mass is 16.4. The minimum Gasteiger partial charge on any atom is -0.476 e. The summed E-state index contributed by atoms with van der Waals surface area (Å²) in [6.45, 7) is 3.38. The maximum Gasteiger partial charge on any atom is 0.356 e. The number of nitrogens with one attached hydrogen (secondary N) is 1. The Kier molecular flexibility index (Phi) is 3.65. The zero-order valence-corrected chi connectivity index (χ0v) is 8.76. The van der Waals surface area contributed by atoms with Gasteiger partial charge in [-0.3, -0.25) is 4.79 Å². The number of carbonyl (C=O) groups is 2. The van der Waals surface area contributed by atoms with E-state index in [0.29, 0.717) is 5.71 Å². The van der Waals surface area contributed by atoms with E-state index in [1.165, 1.54) is 12.4 Å². The Balaban J connectivity index is 2.99. The summed E-state index contributed by atoms with van der Waals surface area (Å²) in [4.78, 5) is 29.4. The maximum absolute atomic E-state index is 11.5. The molecule has 1 rings (SSSR count). The highest BCUT2D eigenvalue weighted by Crippen LogP contribution is 2.01. The van der Waals surface area contributed by atoms with Gasteiger partial charge in [-0.2, -0.15) is 5.10 Å². The summed E-state index contributed by atoms with van der Waals surface area (Å²) < 4.78 is 0. The van der Waals surface area contributed by atoms with Crippen molar-refractivity contribution in [2.45, 2.75) is 13.8 Å². The van der Waals surface area contributed by atoms with Gasteiger partial charge in [-0.1, -0.05) is 0 Å². The second-order valence-electron chi connectivity index (χ2n) is 3.06. The van der Waals surface area contributed by atoms with Crippen LogP contribution in [0.3, 0.4) is 0 Å². The molecule has 0 radical (unpaired) electrons. The molecule has 7 heteroatoms. The lowest BCUT2D eigenvalue weighted by molar-refractivity contribution is 0.0683. The summed E-state index contributed by atoms with van der Waals surface area (Å²) in [6.07, 6.45) is 2.44. The molecule has 2 N–H and O–H groups in total. The lowest BCUT2D eigenvalue weighted by Gasteiger charge is -2.01. The number of carbonyl (C=O) groups excluding carboxylic acids is 1. The highest BCUT2D eigenvalue weighted by Gasteiger charge is 2.18. The van der Waals surface area contributed by atoms with E-state index in [1.807, 2.05) is 0 Å². The third-order valence-electron chi connectivity index (χ3n) is 1.50. The summed E-state index contributed by atoms with van der Waals surface area (Å²) >= 11 is 0. The first-order valence-electron chi connectivity index (χ1n) is 4.38. The van der Waals surface area contributed by atoms with E-state index in [-0.39, 0.29) is 5.69 Å². The van der Waals surface area contributed by atoms with E-state index in [0.717, 1.165) is 0 Å². The van der Waals surface area contributed by atoms with E-state index in [2.05, 4.69) is 20.5 Å². The molecule has 1 aromatic heterocycles. The summed E-state index contributed by atoms with van der Waals surface area (Å²) in [5.74, 6) is -2.01. The van der Waals surface area contributed by atoms with Gasteiger partial charge in [-0.25, -0.2) is 20.2 Å². The number of nitrogens with zero attached hydrogens (tertiary/aromatic N) is 3. The molecule has 0 saturated heterocycles. The van der Waals surface area contributed by atoms with Crippen LogP contribution in [-0.4, -0.2) is 32.7 Å². The lowest BCUT2D eigenvalue weighted by atomic mass is 10.3. The average molecular weight is 222 g/mol. The molecule has 0 aromatic carbocycles. The van der Waals surface area contributed by atoms with Gasteiger partial charge < -0.3 is 5.11 Å². The first-order valence-corrected chi connectivity index (χ1v) is 4.38. The number of hydrogen-bond acceptors (Lipinski definition) is 5. The number of aromatic nitrogens is 2. The Morgan fingerprint density at radius 1 is 1.25 bits per heavy atom. The van der Waals surface area contributed by atoms with Crippen LogP contribution in [0.4, 0.5) is 0 Å². The van der Waals surface area contributed by atoms with Crippen molar-refractivity contribution in [3.8, 4) is 0 Å². The standard InChI is InChI=1S/C9H10N4O3/c1-5(2)12-13-8(14)6-7(9(15)16)11-4-3-10-6/h3-4H,1-2H3,(H,13,14)(H,15,16). The van der Waals surface area contributed by atoms with Crippen molar-refractivity contribution < 1.29 is 14.7 Å². The number of amides is 1. The Hall–Kier alpha value is -2.31. The number of aromatic carboxylic acids is 1. The lowest BCUT2D eigenvalue weighted by Crippen LogP contribution is -2.23. The molecular formula is C9H10N4O3. The highest BCUT2D eigenvalue weighted by molar-refractivity contribution is 6.02. The zero-order chi connectivity index (χ0) is 12.1. The van der Waals surface area contributed by atoms with Gasteiger partial charge in [0.05, 0.1) is 0 Å². The van der Waals surface area contributed by atoms with Gasteiger partial charge in [-0.05, 0) is 13.8 Å². The van der Waals surface area contributed by atoms with Gasteiger partial charge in [0.1, 0.15) is 0 Å². The van der Waals surface area contributed by atoms with E-state index in [1.54, 1.807) is 13.8 Å². The normalized spacial score (nSPS) is 9.38. The molecule has 0 aliphatic heterocycles. The number of hydrazone groups is 1. The number of rotatable bonds is 3. The summed E-state index contributed by atoms with van der Waals surface area (Å²) in [5.41, 5.74) is 2.15. The van der Waals surface area contributed by atoms with Crippen molar-refractivity contribution in [1.29, 1.82) is 0 Å². The molecule has 7 nitrogen and oxygen atoms in total. The van der Waals surface area contributed by atoms with Gasteiger partial charge in [0.15, 0.2) is 11.4 Å². The van der Waals surface area contributed by atoms with Crippen LogP contribution in [0, 0.1) is 0 Å². The van der Waals surface area contributed by atoms with Gasteiger partial charge in [0.25, 0.3) is 5.91 Å². The summed E-state index contributed by atoms with van der Waals surface area (Å²) in [7, 11) is 0. The summed E-state index contributed by atoms with van der Waals surface area (Å²) in [5, 5.41) is 12.4. The van der Waals surface area contributed by atoms with E-state index in [4.69, 9.17) is 5.11 Å². The molecule has 0 aliphatic carbocycles. The van der Waals surface area contributed by atoms with Crippen LogP contribution >= 0.6 is 0 Å². The average Bonchev–Trinajstić information content (AvgIpc) is 2.25. The second kappa shape index (κ2) is 4.96. The van der Waals surface area contributed by atoms with Gasteiger partial charge >= 0.3 is 5.97 Å². The van der Waals surface area contributed by atoms with Crippen LogP contribution in [0.2, 0.25) is 0 Å². The molecule has 0 fully saturated rings. The van der Waals surface area contributed by atoms with E-state index >= 15 is 0 Å². The molecule has 0 spiro atoms. The molecule has 0 atom stereocenters. The molecule has 16 heavy (non-hydrogen) atoms. The molecule has 1 heterocycles. The first-order chi connectivity index (χ1) is 7.52. The molecule has 0 unspecified atom stereocenters. The minimum atomic E-state index is -1.31. The Morgan fingerprint density at radius 2 is 1.81 bits per heavy atom. The molecule has 84 valence electrons. The van der Waals surface area contributed by atoms with Gasteiger partial charge in [0.2, 0.25) is 0 Å². The molecule has 0 saturated carbocycles. The smallest absolute Gasteiger partial charge is 0.356 e. The molecule has 0 bridgehead atoms. The molecular weight excluding hydrogens is 212 g/mol. The Morgan fingerprint density at radius 3 is 2.31 bits per heavy atom. The van der Waals surface area contributed by atoms with E-state index < -0.39 is 17.6 Å². The summed E-state index contributed by atoms with van der Waals surface area (Å²) in [6, 6.07) is 0. The Bertz CT molecular complexity index is 452. The molecule has 1 amide bonds. The largest absolute Gasteiger partial charge is 0.476 e. The van der Waals surface area contributed by atoms with Crippen LogP contribution < -0.4 is 5.43 Å². The predicted molar refractivity (Wildman–Crippen MR) is 55.2 cm³/mol. The second-order valence-corrected chi connectivity index (χ2v) is 3.06. The monoisotopic (exact) mass is 222 g/mol. The molecule has 0 aliphatic rings. The number of carboxylic acids is 1. The van der Waals surface area contributed by atoms with Gasteiger partial charge in [0, 0.05) is 18.1 Å². The zero-order valence-electron chi connectivity index (χ0n) is 8.76. The van der Waals surface area contributed by atoms with Crippen molar-refractivity contribution >= 4 is 17.6 Å². The van der Waals surface area contributed by atoms with E-state index in [9.17, 15) is 9.59 Å². The maximum atomic E-state index is 11.5. The van der Waals surface area contributed by atoms with Crippen LogP contribution in [0.1, 0.15) is 34.8 Å². The van der Waals surface area contributed by atoms with Crippen LogP contribution in [-0.2, 0) is 0 Å². The number of hydrogen-bond donors (Lipinski definition) is 2. The van der Waals surface area contributed by atoms with Crippen molar-refractivity contribution in [2.75, 3.05) is 0 Å². The third kappa shape index (κ3) is 2.84.